The molecule has 1 amide bonds. The average molecular weight is 358 g/mol. The number of amides is 1. The number of carbonyl (C=O) groups is 1. The van der Waals surface area contributed by atoms with Gasteiger partial charge in [-0.3, -0.25) is 9.78 Å². The van der Waals surface area contributed by atoms with Crippen molar-refractivity contribution in [3.63, 3.8) is 0 Å². The zero-order valence-corrected chi connectivity index (χ0v) is 16.4. The van der Waals surface area contributed by atoms with Crippen LogP contribution in [0.3, 0.4) is 0 Å². The van der Waals surface area contributed by atoms with Crippen molar-refractivity contribution in [1.29, 1.82) is 0 Å². The number of carbonyl (C=O) groups excluding carboxylic acids is 1. The van der Waals surface area contributed by atoms with Crippen LogP contribution in [-0.4, -0.2) is 10.9 Å². The fraction of sp³-hybridized carbons (Fsp3) is 0.250. The molecular weight excluding hydrogens is 332 g/mol. The zero-order valence-electron chi connectivity index (χ0n) is 16.4. The summed E-state index contributed by atoms with van der Waals surface area (Å²) >= 11 is 0. The lowest BCUT2D eigenvalue weighted by Crippen LogP contribution is -2.15. The molecule has 0 unspecified atom stereocenters. The molecule has 1 N–H and O–H groups in total. The van der Waals surface area contributed by atoms with Crippen molar-refractivity contribution in [3.8, 4) is 11.1 Å². The Morgan fingerprint density at radius 3 is 2.19 bits per heavy atom. The molecule has 0 atom stereocenters. The summed E-state index contributed by atoms with van der Waals surface area (Å²) < 4.78 is 0. The first-order valence-corrected chi connectivity index (χ1v) is 9.24. The lowest BCUT2D eigenvalue weighted by atomic mass is 9.86. The van der Waals surface area contributed by atoms with Crippen molar-refractivity contribution in [2.75, 3.05) is 5.32 Å². The third-order valence-electron chi connectivity index (χ3n) is 4.58. The number of hydrogen-bond donors (Lipinski definition) is 1. The maximum Gasteiger partial charge on any atom is 0.228 e. The highest BCUT2D eigenvalue weighted by Gasteiger charge is 2.13. The van der Waals surface area contributed by atoms with E-state index in [1.807, 2.05) is 55.6 Å². The molecule has 0 aliphatic rings. The van der Waals surface area contributed by atoms with E-state index in [2.05, 4.69) is 49.3 Å². The monoisotopic (exact) mass is 358 g/mol. The van der Waals surface area contributed by atoms with Crippen LogP contribution in [0.5, 0.6) is 0 Å². The van der Waals surface area contributed by atoms with Gasteiger partial charge in [0.05, 0.1) is 6.42 Å². The summed E-state index contributed by atoms with van der Waals surface area (Å²) in [5.41, 5.74) is 6.44. The van der Waals surface area contributed by atoms with Crippen molar-refractivity contribution in [2.45, 2.75) is 39.5 Å². The fourth-order valence-corrected chi connectivity index (χ4v) is 2.98. The van der Waals surface area contributed by atoms with E-state index in [1.54, 1.807) is 0 Å². The zero-order chi connectivity index (χ0) is 19.4. The molecule has 1 aromatic heterocycles. The Bertz CT molecular complexity index is 920. The summed E-state index contributed by atoms with van der Waals surface area (Å²) in [6.07, 6.45) is 2.18. The molecule has 0 aliphatic heterocycles. The van der Waals surface area contributed by atoms with E-state index in [0.717, 1.165) is 28.1 Å². The van der Waals surface area contributed by atoms with Gasteiger partial charge < -0.3 is 5.32 Å². The van der Waals surface area contributed by atoms with Crippen LogP contribution in [-0.2, 0) is 16.6 Å². The van der Waals surface area contributed by atoms with Gasteiger partial charge in [-0.1, -0.05) is 57.2 Å². The van der Waals surface area contributed by atoms with Crippen LogP contribution in [0.25, 0.3) is 11.1 Å². The SMILES string of the molecule is Cc1cc(-c2ccc(NC(=O)Cc3ccc(C(C)(C)C)cc3)cc2)ccn1. The molecule has 138 valence electrons. The van der Waals surface area contributed by atoms with Crippen LogP contribution in [0.15, 0.2) is 66.9 Å². The van der Waals surface area contributed by atoms with Crippen molar-refractivity contribution in [1.82, 2.24) is 4.98 Å². The van der Waals surface area contributed by atoms with Crippen molar-refractivity contribution >= 4 is 11.6 Å². The van der Waals surface area contributed by atoms with E-state index < -0.39 is 0 Å². The van der Waals surface area contributed by atoms with Gasteiger partial charge in [-0.25, -0.2) is 0 Å². The van der Waals surface area contributed by atoms with E-state index in [0.29, 0.717) is 6.42 Å². The second-order valence-corrected chi connectivity index (χ2v) is 7.94. The molecule has 27 heavy (non-hydrogen) atoms. The first-order chi connectivity index (χ1) is 12.8. The number of anilines is 1. The Balaban J connectivity index is 1.62. The fourth-order valence-electron chi connectivity index (χ4n) is 2.98. The second kappa shape index (κ2) is 7.75. The number of nitrogens with zero attached hydrogens (tertiary/aromatic N) is 1. The quantitative estimate of drug-likeness (QED) is 0.666. The largest absolute Gasteiger partial charge is 0.326 e. The van der Waals surface area contributed by atoms with Gasteiger partial charge >= 0.3 is 0 Å². The van der Waals surface area contributed by atoms with Gasteiger partial charge in [0.25, 0.3) is 0 Å². The molecule has 3 aromatic rings. The Morgan fingerprint density at radius 2 is 1.59 bits per heavy atom. The highest BCUT2D eigenvalue weighted by molar-refractivity contribution is 5.92. The maximum atomic E-state index is 12.3. The highest BCUT2D eigenvalue weighted by Crippen LogP contribution is 2.23. The summed E-state index contributed by atoms with van der Waals surface area (Å²) in [7, 11) is 0. The minimum Gasteiger partial charge on any atom is -0.326 e. The molecule has 0 spiro atoms. The summed E-state index contributed by atoms with van der Waals surface area (Å²) in [4.78, 5) is 16.6. The molecular formula is C24H26N2O. The number of pyridine rings is 1. The van der Waals surface area contributed by atoms with Gasteiger partial charge in [0, 0.05) is 17.6 Å². The Hall–Kier alpha value is -2.94. The molecule has 0 saturated carbocycles. The Labute approximate surface area is 161 Å². The minimum absolute atomic E-state index is 0.00832. The molecule has 3 nitrogen and oxygen atoms in total. The number of nitrogens with one attached hydrogen (secondary N) is 1. The lowest BCUT2D eigenvalue weighted by Gasteiger charge is -2.19. The number of aromatic nitrogens is 1. The van der Waals surface area contributed by atoms with Gasteiger partial charge in [-0.15, -0.1) is 0 Å². The first kappa shape index (κ1) is 18.8. The lowest BCUT2D eigenvalue weighted by molar-refractivity contribution is -0.115. The third-order valence-corrected chi connectivity index (χ3v) is 4.58. The van der Waals surface area contributed by atoms with Crippen LogP contribution in [0.2, 0.25) is 0 Å². The summed E-state index contributed by atoms with van der Waals surface area (Å²) in [5.74, 6) is -0.00832. The molecule has 3 heteroatoms. The van der Waals surface area contributed by atoms with Crippen LogP contribution >= 0.6 is 0 Å². The van der Waals surface area contributed by atoms with Crippen LogP contribution in [0, 0.1) is 6.92 Å². The van der Waals surface area contributed by atoms with E-state index in [1.165, 1.54) is 5.56 Å². The maximum absolute atomic E-state index is 12.3. The Kier molecular flexibility index (Phi) is 5.41. The molecule has 2 aromatic carbocycles. The topological polar surface area (TPSA) is 42.0 Å². The molecule has 1 heterocycles. The molecule has 0 aliphatic carbocycles. The second-order valence-electron chi connectivity index (χ2n) is 7.94. The van der Waals surface area contributed by atoms with E-state index in [-0.39, 0.29) is 11.3 Å². The van der Waals surface area contributed by atoms with Gasteiger partial charge in [-0.2, -0.15) is 0 Å². The summed E-state index contributed by atoms with van der Waals surface area (Å²) in [5, 5.41) is 2.97. The average Bonchev–Trinajstić information content (AvgIpc) is 2.62. The smallest absolute Gasteiger partial charge is 0.228 e. The van der Waals surface area contributed by atoms with Gasteiger partial charge in [0.15, 0.2) is 0 Å². The van der Waals surface area contributed by atoms with Crippen molar-refractivity contribution in [3.05, 3.63) is 83.7 Å². The van der Waals surface area contributed by atoms with Crippen LogP contribution < -0.4 is 5.32 Å². The number of hydrogen-bond acceptors (Lipinski definition) is 2. The standard InChI is InChI=1S/C24H26N2O/c1-17-15-20(13-14-25-17)19-7-11-22(12-8-19)26-23(27)16-18-5-9-21(10-6-18)24(2,3)4/h5-15H,16H2,1-4H3,(H,26,27). The van der Waals surface area contributed by atoms with Crippen LogP contribution in [0.4, 0.5) is 5.69 Å². The number of aryl methyl sites for hydroxylation is 1. The van der Waals surface area contributed by atoms with Crippen molar-refractivity contribution < 1.29 is 4.79 Å². The number of benzene rings is 2. The van der Waals surface area contributed by atoms with Gasteiger partial charge in [0.2, 0.25) is 5.91 Å². The van der Waals surface area contributed by atoms with E-state index >= 15 is 0 Å². The number of rotatable bonds is 4. The highest BCUT2D eigenvalue weighted by atomic mass is 16.1. The molecule has 0 fully saturated rings. The minimum atomic E-state index is -0.00832. The van der Waals surface area contributed by atoms with E-state index in [9.17, 15) is 4.79 Å². The molecule has 0 saturated heterocycles. The molecule has 3 rings (SSSR count). The van der Waals surface area contributed by atoms with Crippen LogP contribution in [0.1, 0.15) is 37.6 Å². The molecule has 0 bridgehead atoms. The molecule has 0 radical (unpaired) electrons. The van der Waals surface area contributed by atoms with Gasteiger partial charge in [0.1, 0.15) is 0 Å². The Morgan fingerprint density at radius 1 is 0.926 bits per heavy atom. The normalized spacial score (nSPS) is 11.3. The summed E-state index contributed by atoms with van der Waals surface area (Å²) in [6.45, 7) is 8.54. The summed E-state index contributed by atoms with van der Waals surface area (Å²) in [6, 6.07) is 20.2. The third kappa shape index (κ3) is 5.04. The van der Waals surface area contributed by atoms with Crippen molar-refractivity contribution in [2.24, 2.45) is 0 Å². The van der Waals surface area contributed by atoms with Gasteiger partial charge in [-0.05, 0) is 58.9 Å². The first-order valence-electron chi connectivity index (χ1n) is 9.24. The van der Waals surface area contributed by atoms with E-state index in [4.69, 9.17) is 0 Å². The predicted molar refractivity (Wildman–Crippen MR) is 112 cm³/mol. The predicted octanol–water partition coefficient (Wildman–Crippen LogP) is 5.54.